The largest absolute Gasteiger partial charge is 0.379 e. The molecule has 0 unspecified atom stereocenters. The zero-order valence-corrected chi connectivity index (χ0v) is 10.6. The minimum Gasteiger partial charge on any atom is -0.379 e. The van der Waals surface area contributed by atoms with E-state index < -0.39 is 5.91 Å². The first-order valence-electron chi connectivity index (χ1n) is 4.42. The molecule has 2 rings (SSSR count). The average molecular weight is 318 g/mol. The Morgan fingerprint density at radius 3 is 2.88 bits per heavy atom. The second-order valence-corrected chi connectivity index (χ2v) is 4.37. The molecule has 0 saturated carbocycles. The summed E-state index contributed by atoms with van der Waals surface area (Å²) >= 11 is 9.09. The normalized spacial score (nSPS) is 10.2. The van der Waals surface area contributed by atoms with E-state index in [4.69, 9.17) is 17.3 Å². The number of nitrogens with two attached hydrogens (primary N) is 1. The maximum absolute atomic E-state index is 11.7. The monoisotopic (exact) mass is 316 g/mol. The van der Waals surface area contributed by atoms with Gasteiger partial charge in [0, 0.05) is 9.50 Å². The number of nitrogens with one attached hydrogen (secondary N) is 1. The van der Waals surface area contributed by atoms with Gasteiger partial charge >= 0.3 is 0 Å². The third-order valence-electron chi connectivity index (χ3n) is 1.91. The molecule has 1 amide bonds. The van der Waals surface area contributed by atoms with Gasteiger partial charge < -0.3 is 11.1 Å². The van der Waals surface area contributed by atoms with Crippen molar-refractivity contribution in [3.63, 3.8) is 0 Å². The van der Waals surface area contributed by atoms with Crippen molar-refractivity contribution in [2.24, 2.45) is 0 Å². The van der Waals surface area contributed by atoms with Crippen LogP contribution in [0.2, 0.25) is 5.02 Å². The zero-order valence-electron chi connectivity index (χ0n) is 8.28. The fraction of sp³-hybridized carbons (Fsp3) is 0. The molecule has 1 aromatic heterocycles. The van der Waals surface area contributed by atoms with Gasteiger partial charge in [-0.15, -0.1) is 0 Å². The summed E-state index contributed by atoms with van der Waals surface area (Å²) in [6, 6.07) is 4.99. The number of nitrogen functional groups attached to an aromatic ring is 1. The molecule has 6 nitrogen and oxygen atoms in total. The van der Waals surface area contributed by atoms with E-state index in [1.807, 2.05) is 0 Å². The van der Waals surface area contributed by atoms with Gasteiger partial charge in [-0.1, -0.05) is 11.6 Å². The van der Waals surface area contributed by atoms with Gasteiger partial charge in [-0.2, -0.15) is 0 Å². The molecule has 0 aliphatic rings. The molecule has 88 valence electrons. The van der Waals surface area contributed by atoms with Gasteiger partial charge in [0.1, 0.15) is 0 Å². The first kappa shape index (κ1) is 11.9. The van der Waals surface area contributed by atoms with Crippen molar-refractivity contribution in [2.75, 3.05) is 11.1 Å². The summed E-state index contributed by atoms with van der Waals surface area (Å²) in [6.45, 7) is 0. The van der Waals surface area contributed by atoms with Crippen LogP contribution in [0.1, 0.15) is 10.5 Å². The number of anilines is 2. The summed E-state index contributed by atoms with van der Waals surface area (Å²) in [5.41, 5.74) is 5.83. The van der Waals surface area contributed by atoms with E-state index in [2.05, 4.69) is 36.2 Å². The number of aromatic nitrogens is 2. The number of nitrogens with zero attached hydrogens (tertiary/aromatic N) is 2. The van der Waals surface area contributed by atoms with E-state index in [0.29, 0.717) is 15.2 Å². The highest BCUT2D eigenvalue weighted by atomic mass is 79.9. The van der Waals surface area contributed by atoms with Crippen molar-refractivity contribution in [2.45, 2.75) is 0 Å². The van der Waals surface area contributed by atoms with Gasteiger partial charge in [-0.05, 0) is 44.4 Å². The minimum atomic E-state index is -0.522. The van der Waals surface area contributed by atoms with Crippen LogP contribution in [0.25, 0.3) is 0 Å². The zero-order chi connectivity index (χ0) is 12.4. The number of halogens is 2. The number of amides is 1. The summed E-state index contributed by atoms with van der Waals surface area (Å²) in [5.74, 6) is -0.590. The summed E-state index contributed by atoms with van der Waals surface area (Å²) < 4.78 is 5.02. The molecule has 2 aromatic rings. The van der Waals surface area contributed by atoms with E-state index in [9.17, 15) is 4.79 Å². The smallest absolute Gasteiger partial charge is 0.281 e. The Bertz CT molecular complexity index is 572. The third-order valence-corrected chi connectivity index (χ3v) is 2.83. The molecular formula is C9H6BrClN4O2. The van der Waals surface area contributed by atoms with Crippen LogP contribution < -0.4 is 11.1 Å². The number of carbonyl (C=O) groups is 1. The van der Waals surface area contributed by atoms with Crippen LogP contribution in [0.4, 0.5) is 11.5 Å². The molecule has 1 aromatic carbocycles. The first-order valence-corrected chi connectivity index (χ1v) is 5.59. The Labute approximate surface area is 109 Å². The molecule has 3 N–H and O–H groups in total. The fourth-order valence-corrected chi connectivity index (χ4v) is 1.65. The maximum atomic E-state index is 11.7. The molecule has 0 bridgehead atoms. The molecule has 0 saturated heterocycles. The Kier molecular flexibility index (Phi) is 3.30. The maximum Gasteiger partial charge on any atom is 0.281 e. The van der Waals surface area contributed by atoms with Gasteiger partial charge in [-0.3, -0.25) is 4.79 Å². The SMILES string of the molecule is Nc1nonc1C(=O)Nc1cc(Cl)ccc1Br. The van der Waals surface area contributed by atoms with Crippen LogP contribution in [-0.2, 0) is 0 Å². The summed E-state index contributed by atoms with van der Waals surface area (Å²) in [4.78, 5) is 11.7. The van der Waals surface area contributed by atoms with Crippen molar-refractivity contribution >= 4 is 44.9 Å². The molecule has 8 heteroatoms. The van der Waals surface area contributed by atoms with Crippen LogP contribution in [-0.4, -0.2) is 16.2 Å². The molecule has 0 fully saturated rings. The highest BCUT2D eigenvalue weighted by molar-refractivity contribution is 9.10. The molecular weight excluding hydrogens is 311 g/mol. The Balaban J connectivity index is 2.24. The van der Waals surface area contributed by atoms with Crippen molar-refractivity contribution in [3.05, 3.63) is 33.4 Å². The fourth-order valence-electron chi connectivity index (χ4n) is 1.13. The highest BCUT2D eigenvalue weighted by Gasteiger charge is 2.17. The number of benzene rings is 1. The van der Waals surface area contributed by atoms with Gasteiger partial charge in [-0.25, -0.2) is 4.63 Å². The van der Waals surface area contributed by atoms with Gasteiger partial charge in [0.15, 0.2) is 0 Å². The van der Waals surface area contributed by atoms with E-state index in [0.717, 1.165) is 0 Å². The number of hydrogen-bond acceptors (Lipinski definition) is 5. The molecule has 1 heterocycles. The van der Waals surface area contributed by atoms with Crippen molar-refractivity contribution < 1.29 is 9.42 Å². The lowest BCUT2D eigenvalue weighted by Crippen LogP contribution is -2.14. The number of rotatable bonds is 2. The molecule has 0 radical (unpaired) electrons. The highest BCUT2D eigenvalue weighted by Crippen LogP contribution is 2.26. The second kappa shape index (κ2) is 4.72. The predicted molar refractivity (Wildman–Crippen MR) is 65.8 cm³/mol. The molecule has 0 atom stereocenters. The molecule has 17 heavy (non-hydrogen) atoms. The molecule has 0 aliphatic carbocycles. The number of carbonyl (C=O) groups excluding carboxylic acids is 1. The van der Waals surface area contributed by atoms with E-state index in [1.54, 1.807) is 18.2 Å². The lowest BCUT2D eigenvalue weighted by molar-refractivity contribution is 0.101. The standard InChI is InChI=1S/C9H6BrClN4O2/c10-5-2-1-4(11)3-6(5)13-9(16)7-8(12)15-17-14-7/h1-3H,(H2,12,15)(H,13,16). The van der Waals surface area contributed by atoms with Gasteiger partial charge in [0.2, 0.25) is 11.5 Å². The van der Waals surface area contributed by atoms with Gasteiger partial charge in [0.25, 0.3) is 5.91 Å². The third kappa shape index (κ3) is 2.56. The number of hydrogen-bond donors (Lipinski definition) is 2. The van der Waals surface area contributed by atoms with Crippen LogP contribution in [0, 0.1) is 0 Å². The Hall–Kier alpha value is -1.60. The summed E-state index contributed by atoms with van der Waals surface area (Å²) in [7, 11) is 0. The van der Waals surface area contributed by atoms with E-state index in [-0.39, 0.29) is 11.5 Å². The summed E-state index contributed by atoms with van der Waals surface area (Å²) in [6.07, 6.45) is 0. The Morgan fingerprint density at radius 1 is 1.47 bits per heavy atom. The predicted octanol–water partition coefficient (Wildman–Crippen LogP) is 2.32. The van der Waals surface area contributed by atoms with Crippen LogP contribution >= 0.6 is 27.5 Å². The molecule has 0 spiro atoms. The van der Waals surface area contributed by atoms with Crippen molar-refractivity contribution in [1.29, 1.82) is 0 Å². The van der Waals surface area contributed by atoms with Crippen molar-refractivity contribution in [3.8, 4) is 0 Å². The van der Waals surface area contributed by atoms with E-state index in [1.165, 1.54) is 0 Å². The first-order chi connectivity index (χ1) is 8.08. The average Bonchev–Trinajstić information content (AvgIpc) is 2.70. The van der Waals surface area contributed by atoms with Crippen molar-refractivity contribution in [1.82, 2.24) is 10.3 Å². The van der Waals surface area contributed by atoms with Gasteiger partial charge in [0.05, 0.1) is 5.69 Å². The van der Waals surface area contributed by atoms with Crippen LogP contribution in [0.3, 0.4) is 0 Å². The lowest BCUT2D eigenvalue weighted by atomic mass is 10.3. The minimum absolute atomic E-state index is 0.0688. The van der Waals surface area contributed by atoms with Crippen LogP contribution in [0.15, 0.2) is 27.3 Å². The van der Waals surface area contributed by atoms with E-state index >= 15 is 0 Å². The molecule has 0 aliphatic heterocycles. The van der Waals surface area contributed by atoms with Crippen LogP contribution in [0.5, 0.6) is 0 Å². The second-order valence-electron chi connectivity index (χ2n) is 3.08. The summed E-state index contributed by atoms with van der Waals surface area (Å²) in [5, 5.41) is 9.78. The lowest BCUT2D eigenvalue weighted by Gasteiger charge is -2.05. The quantitative estimate of drug-likeness (QED) is 0.886. The topological polar surface area (TPSA) is 94.0 Å². The Morgan fingerprint density at radius 2 is 2.24 bits per heavy atom.